The predicted octanol–water partition coefficient (Wildman–Crippen LogP) is 2.34. The van der Waals surface area contributed by atoms with Crippen molar-refractivity contribution in [1.82, 2.24) is 4.90 Å². The van der Waals surface area contributed by atoms with Gasteiger partial charge in [0.15, 0.2) is 0 Å². The van der Waals surface area contributed by atoms with Gasteiger partial charge in [-0.15, -0.1) is 0 Å². The molecule has 4 rings (SSSR count). The van der Waals surface area contributed by atoms with Gasteiger partial charge in [0, 0.05) is 17.3 Å². The van der Waals surface area contributed by atoms with E-state index in [1.807, 2.05) is 19.1 Å². The van der Waals surface area contributed by atoms with Crippen molar-refractivity contribution < 1.29 is 19.2 Å². The van der Waals surface area contributed by atoms with Gasteiger partial charge in [-0.3, -0.25) is 24.1 Å². The highest BCUT2D eigenvalue weighted by atomic mass is 16.2. The summed E-state index contributed by atoms with van der Waals surface area (Å²) in [6.45, 7) is 5.15. The molecule has 2 fully saturated rings. The fraction of sp³-hybridized carbons (Fsp3) is 0.455. The molecule has 4 unspecified atom stereocenters. The summed E-state index contributed by atoms with van der Waals surface area (Å²) in [7, 11) is 0. The second-order valence-corrected chi connectivity index (χ2v) is 8.48. The number of anilines is 2. The fourth-order valence-corrected chi connectivity index (χ4v) is 4.57. The molecule has 4 amide bonds. The number of amides is 4. The molecule has 2 aliphatic carbocycles. The first-order valence-corrected chi connectivity index (χ1v) is 10.0. The maximum Gasteiger partial charge on any atom is 0.244 e. The van der Waals surface area contributed by atoms with Gasteiger partial charge in [0.2, 0.25) is 23.6 Å². The normalized spacial score (nSPS) is 27.0. The average Bonchev–Trinajstić information content (AvgIpc) is 3.34. The topological polar surface area (TPSA) is 95.6 Å². The van der Waals surface area contributed by atoms with Crippen LogP contribution in [-0.4, -0.2) is 35.1 Å². The lowest BCUT2D eigenvalue weighted by Gasteiger charge is -2.18. The van der Waals surface area contributed by atoms with Crippen LogP contribution in [0.5, 0.6) is 0 Å². The van der Waals surface area contributed by atoms with E-state index in [1.165, 1.54) is 0 Å². The van der Waals surface area contributed by atoms with Crippen LogP contribution in [0.3, 0.4) is 0 Å². The molecule has 1 aromatic rings. The molecule has 1 saturated heterocycles. The number of aryl methyl sites for hydroxylation is 1. The third-order valence-electron chi connectivity index (χ3n) is 6.17. The molecule has 0 radical (unpaired) electrons. The van der Waals surface area contributed by atoms with Crippen molar-refractivity contribution in [3.8, 4) is 0 Å². The maximum absolute atomic E-state index is 12.7. The Hall–Kier alpha value is -2.96. The van der Waals surface area contributed by atoms with Crippen molar-refractivity contribution in [3.63, 3.8) is 0 Å². The number of imide groups is 1. The minimum atomic E-state index is -0.428. The number of rotatable bonds is 5. The first kappa shape index (κ1) is 19.4. The Bertz CT molecular complexity index is 906. The number of allylic oxidation sites excluding steroid dienone is 2. The summed E-state index contributed by atoms with van der Waals surface area (Å²) in [5.41, 5.74) is 1.94. The quantitative estimate of drug-likeness (QED) is 0.591. The lowest BCUT2D eigenvalue weighted by molar-refractivity contribution is -0.143. The molecule has 2 bridgehead atoms. The number of nitrogens with zero attached hydrogens (tertiary/aromatic N) is 1. The van der Waals surface area contributed by atoms with Gasteiger partial charge in [-0.2, -0.15) is 0 Å². The number of likely N-dealkylation sites (tertiary alicyclic amines) is 1. The highest BCUT2D eigenvalue weighted by Gasteiger charge is 2.59. The van der Waals surface area contributed by atoms with E-state index in [9.17, 15) is 19.2 Å². The van der Waals surface area contributed by atoms with Crippen LogP contribution >= 0.6 is 0 Å². The number of benzene rings is 1. The van der Waals surface area contributed by atoms with E-state index in [4.69, 9.17) is 0 Å². The second kappa shape index (κ2) is 7.13. The molecule has 152 valence electrons. The minimum absolute atomic E-state index is 0.117. The Balaban J connectivity index is 1.43. The van der Waals surface area contributed by atoms with Gasteiger partial charge in [-0.1, -0.05) is 32.1 Å². The minimum Gasteiger partial charge on any atom is -0.326 e. The van der Waals surface area contributed by atoms with Crippen LogP contribution in [0.25, 0.3) is 0 Å². The Labute approximate surface area is 169 Å². The van der Waals surface area contributed by atoms with Gasteiger partial charge in [-0.25, -0.2) is 0 Å². The summed E-state index contributed by atoms with van der Waals surface area (Å²) >= 11 is 0. The highest BCUT2D eigenvalue weighted by molar-refractivity contribution is 6.09. The van der Waals surface area contributed by atoms with Gasteiger partial charge in [0.1, 0.15) is 6.54 Å². The Morgan fingerprint density at radius 1 is 1.07 bits per heavy atom. The number of carbonyl (C=O) groups is 4. The van der Waals surface area contributed by atoms with Crippen LogP contribution in [0.2, 0.25) is 0 Å². The molecule has 4 atom stereocenters. The number of nitrogens with one attached hydrogen (secondary N) is 2. The van der Waals surface area contributed by atoms with Crippen molar-refractivity contribution in [2.75, 3.05) is 17.2 Å². The zero-order valence-corrected chi connectivity index (χ0v) is 16.8. The molecule has 29 heavy (non-hydrogen) atoms. The summed E-state index contributed by atoms with van der Waals surface area (Å²) in [6.07, 6.45) is 4.92. The van der Waals surface area contributed by atoms with E-state index in [2.05, 4.69) is 10.6 Å². The first-order valence-electron chi connectivity index (χ1n) is 10.0. The molecular formula is C22H25N3O4. The summed E-state index contributed by atoms with van der Waals surface area (Å²) < 4.78 is 0. The Morgan fingerprint density at radius 3 is 2.28 bits per heavy atom. The zero-order chi connectivity index (χ0) is 20.9. The standard InChI is InChI=1S/C22H25N3O4/c1-11(2)20(27)23-15-7-4-12(3)16(9-15)24-17(26)10-25-21(28)18-13-5-6-14(8-13)19(18)22(25)29/h4-7,9,11,13-14,18-19H,8,10H2,1-3H3,(H,23,27)(H,24,26). The third-order valence-corrected chi connectivity index (χ3v) is 6.17. The van der Waals surface area contributed by atoms with E-state index in [0.29, 0.717) is 11.4 Å². The zero-order valence-electron chi connectivity index (χ0n) is 16.8. The highest BCUT2D eigenvalue weighted by Crippen LogP contribution is 2.52. The van der Waals surface area contributed by atoms with E-state index >= 15 is 0 Å². The van der Waals surface area contributed by atoms with Gasteiger partial charge in [0.05, 0.1) is 11.8 Å². The van der Waals surface area contributed by atoms with Gasteiger partial charge in [-0.05, 0) is 42.9 Å². The predicted molar refractivity (Wildman–Crippen MR) is 108 cm³/mol. The largest absolute Gasteiger partial charge is 0.326 e. The maximum atomic E-state index is 12.7. The summed E-state index contributed by atoms with van der Waals surface area (Å²) in [4.78, 5) is 51.1. The van der Waals surface area contributed by atoms with Crippen molar-refractivity contribution in [3.05, 3.63) is 35.9 Å². The molecule has 1 aliphatic heterocycles. The molecule has 1 saturated carbocycles. The summed E-state index contributed by atoms with van der Waals surface area (Å²) in [6, 6.07) is 5.24. The number of carbonyl (C=O) groups excluding carboxylic acids is 4. The van der Waals surface area contributed by atoms with Crippen molar-refractivity contribution >= 4 is 35.0 Å². The molecule has 0 aromatic heterocycles. The van der Waals surface area contributed by atoms with Crippen LogP contribution in [-0.2, 0) is 19.2 Å². The van der Waals surface area contributed by atoms with Crippen LogP contribution in [0, 0.1) is 36.5 Å². The van der Waals surface area contributed by atoms with Crippen molar-refractivity contribution in [2.45, 2.75) is 27.2 Å². The first-order chi connectivity index (χ1) is 13.8. The number of fused-ring (bicyclic) bond motifs is 5. The average molecular weight is 395 g/mol. The molecule has 3 aliphatic rings. The SMILES string of the molecule is Cc1ccc(NC(=O)C(C)C)cc1NC(=O)CN1C(=O)C2C3C=CC(C3)C2C1=O. The van der Waals surface area contributed by atoms with Crippen LogP contribution in [0.4, 0.5) is 11.4 Å². The molecular weight excluding hydrogens is 370 g/mol. The van der Waals surface area contributed by atoms with E-state index in [1.54, 1.807) is 32.0 Å². The van der Waals surface area contributed by atoms with Crippen LogP contribution < -0.4 is 10.6 Å². The smallest absolute Gasteiger partial charge is 0.244 e. The lowest BCUT2D eigenvalue weighted by Crippen LogP contribution is -2.39. The van der Waals surface area contributed by atoms with Crippen molar-refractivity contribution in [1.29, 1.82) is 0 Å². The fourth-order valence-electron chi connectivity index (χ4n) is 4.57. The van der Waals surface area contributed by atoms with Gasteiger partial charge >= 0.3 is 0 Å². The molecule has 2 N–H and O–H groups in total. The monoisotopic (exact) mass is 395 g/mol. The van der Waals surface area contributed by atoms with Crippen LogP contribution in [0.1, 0.15) is 25.8 Å². The molecule has 1 heterocycles. The molecule has 0 spiro atoms. The van der Waals surface area contributed by atoms with Gasteiger partial charge in [0.25, 0.3) is 0 Å². The van der Waals surface area contributed by atoms with E-state index in [-0.39, 0.29) is 53.9 Å². The second-order valence-electron chi connectivity index (χ2n) is 8.48. The summed E-state index contributed by atoms with van der Waals surface area (Å²) in [5.74, 6) is -1.54. The van der Waals surface area contributed by atoms with E-state index < -0.39 is 5.91 Å². The Kier molecular flexibility index (Phi) is 4.76. The Morgan fingerprint density at radius 2 is 1.69 bits per heavy atom. The third kappa shape index (κ3) is 3.34. The number of hydrogen-bond donors (Lipinski definition) is 2. The van der Waals surface area contributed by atoms with Crippen LogP contribution in [0.15, 0.2) is 30.4 Å². The molecule has 1 aromatic carbocycles. The number of hydrogen-bond acceptors (Lipinski definition) is 4. The van der Waals surface area contributed by atoms with Gasteiger partial charge < -0.3 is 10.6 Å². The van der Waals surface area contributed by atoms with E-state index in [0.717, 1.165) is 16.9 Å². The van der Waals surface area contributed by atoms with Crippen molar-refractivity contribution in [2.24, 2.45) is 29.6 Å². The lowest BCUT2D eigenvalue weighted by atomic mass is 9.85. The molecule has 7 nitrogen and oxygen atoms in total. The summed E-state index contributed by atoms with van der Waals surface area (Å²) in [5, 5.41) is 5.57. The molecule has 7 heteroatoms.